The summed E-state index contributed by atoms with van der Waals surface area (Å²) in [6.07, 6.45) is 39.6. The normalized spacial score (nSPS) is 26.1. The first-order valence-corrected chi connectivity index (χ1v) is 18.3. The molecule has 0 aromatic carbocycles. The topological polar surface area (TPSA) is 0 Å². The van der Waals surface area contributed by atoms with Crippen LogP contribution in [0.5, 0.6) is 0 Å². The van der Waals surface area contributed by atoms with Crippen LogP contribution in [0.15, 0.2) is 0 Å². The zero-order valence-corrected chi connectivity index (χ0v) is 22.7. The summed E-state index contributed by atoms with van der Waals surface area (Å²) < 4.78 is 0. The average molecular weight is 465 g/mol. The molecule has 0 nitrogen and oxygen atoms in total. The van der Waals surface area contributed by atoms with Crippen molar-refractivity contribution >= 4 is 15.8 Å². The number of rotatable bonds is 10. The van der Waals surface area contributed by atoms with Crippen LogP contribution >= 0.6 is 15.8 Å². The number of hydrogen-bond donors (Lipinski definition) is 0. The highest BCUT2D eigenvalue weighted by molar-refractivity contribution is 7.59. The van der Waals surface area contributed by atoms with Crippen molar-refractivity contribution in [1.82, 2.24) is 0 Å². The highest BCUT2D eigenvalue weighted by atomic mass is 31.1. The van der Waals surface area contributed by atoms with E-state index in [2.05, 4.69) is 0 Å². The Labute approximate surface area is 198 Å². The molecule has 4 aliphatic carbocycles. The van der Waals surface area contributed by atoms with Crippen molar-refractivity contribution < 1.29 is 0 Å². The standard InChI is InChI=1S/C29H54P2/c1-6-16-26(17-7-1)30(27-18-8-2-9-19-27)24-14-5-15-25-31(28-20-10-3-11-21-28)29-22-12-4-13-23-29/h26-29H,1-25H2. The third-order valence-electron chi connectivity index (χ3n) is 9.51. The Hall–Kier alpha value is 0.860. The molecule has 0 saturated heterocycles. The van der Waals surface area contributed by atoms with E-state index in [1.165, 1.54) is 48.3 Å². The lowest BCUT2D eigenvalue weighted by Gasteiger charge is -2.39. The first kappa shape index (κ1) is 25.0. The summed E-state index contributed by atoms with van der Waals surface area (Å²) in [5.74, 6) is 0. The Balaban J connectivity index is 1.23. The van der Waals surface area contributed by atoms with E-state index < -0.39 is 0 Å². The zero-order valence-electron chi connectivity index (χ0n) is 20.9. The van der Waals surface area contributed by atoms with Gasteiger partial charge in [-0.2, -0.15) is 0 Å². The lowest BCUT2D eigenvalue weighted by atomic mass is 9.99. The zero-order chi connectivity index (χ0) is 21.1. The second-order valence-corrected chi connectivity index (χ2v) is 17.6. The van der Waals surface area contributed by atoms with Gasteiger partial charge in [-0.3, -0.25) is 0 Å². The van der Waals surface area contributed by atoms with Crippen molar-refractivity contribution in [1.29, 1.82) is 0 Å². The van der Waals surface area contributed by atoms with E-state index >= 15 is 0 Å². The van der Waals surface area contributed by atoms with Gasteiger partial charge < -0.3 is 0 Å². The monoisotopic (exact) mass is 464 g/mol. The van der Waals surface area contributed by atoms with Crippen molar-refractivity contribution in [3.8, 4) is 0 Å². The molecular weight excluding hydrogens is 410 g/mol. The predicted molar refractivity (Wildman–Crippen MR) is 145 cm³/mol. The fourth-order valence-electron chi connectivity index (χ4n) is 7.74. The Morgan fingerprint density at radius 1 is 0.323 bits per heavy atom. The van der Waals surface area contributed by atoms with E-state index in [9.17, 15) is 0 Å². The van der Waals surface area contributed by atoms with Crippen LogP contribution < -0.4 is 0 Å². The quantitative estimate of drug-likeness (QED) is 0.223. The van der Waals surface area contributed by atoms with E-state index in [1.807, 2.05) is 0 Å². The van der Waals surface area contributed by atoms with Gasteiger partial charge in [0, 0.05) is 0 Å². The lowest BCUT2D eigenvalue weighted by molar-refractivity contribution is 0.482. The van der Waals surface area contributed by atoms with Gasteiger partial charge in [-0.1, -0.05) is 83.5 Å². The van der Waals surface area contributed by atoms with Crippen molar-refractivity contribution in [2.75, 3.05) is 12.3 Å². The minimum atomic E-state index is 0.352. The van der Waals surface area contributed by atoms with Crippen LogP contribution in [0.1, 0.15) is 148 Å². The molecule has 4 rings (SSSR count). The van der Waals surface area contributed by atoms with Gasteiger partial charge in [0.15, 0.2) is 0 Å². The van der Waals surface area contributed by atoms with Crippen LogP contribution in [0, 0.1) is 0 Å². The summed E-state index contributed by atoms with van der Waals surface area (Å²) in [6.45, 7) is 0. The van der Waals surface area contributed by atoms with Gasteiger partial charge in [-0.05, 0) is 99.2 Å². The average Bonchev–Trinajstić information content (AvgIpc) is 2.86. The maximum absolute atomic E-state index is 1.66. The molecule has 31 heavy (non-hydrogen) atoms. The van der Waals surface area contributed by atoms with E-state index in [-0.39, 0.29) is 0 Å². The lowest BCUT2D eigenvalue weighted by Crippen LogP contribution is -2.22. The van der Waals surface area contributed by atoms with Crippen molar-refractivity contribution in [3.63, 3.8) is 0 Å². The molecule has 0 unspecified atom stereocenters. The van der Waals surface area contributed by atoms with Crippen LogP contribution in [0.4, 0.5) is 0 Å². The molecule has 0 amide bonds. The molecule has 180 valence electrons. The molecule has 0 N–H and O–H groups in total. The summed E-state index contributed by atoms with van der Waals surface area (Å²) in [5, 5.41) is 0. The molecule has 0 heterocycles. The molecule has 4 saturated carbocycles. The molecule has 0 radical (unpaired) electrons. The third kappa shape index (κ3) is 7.95. The van der Waals surface area contributed by atoms with Crippen molar-refractivity contribution in [2.45, 2.75) is 170 Å². The molecule has 0 aromatic heterocycles. The number of hydrogen-bond acceptors (Lipinski definition) is 0. The van der Waals surface area contributed by atoms with Gasteiger partial charge >= 0.3 is 0 Å². The van der Waals surface area contributed by atoms with Crippen LogP contribution in [0.2, 0.25) is 0 Å². The molecule has 0 bridgehead atoms. The second-order valence-electron chi connectivity index (χ2n) is 11.7. The Bertz CT molecular complexity index is 375. The van der Waals surface area contributed by atoms with Crippen LogP contribution in [0.3, 0.4) is 0 Å². The second kappa shape index (κ2) is 14.3. The first-order chi connectivity index (χ1) is 15.4. The van der Waals surface area contributed by atoms with Crippen molar-refractivity contribution in [2.24, 2.45) is 0 Å². The van der Waals surface area contributed by atoms with Gasteiger partial charge in [0.05, 0.1) is 0 Å². The third-order valence-corrected chi connectivity index (χ3v) is 17.0. The van der Waals surface area contributed by atoms with Crippen LogP contribution in [-0.4, -0.2) is 35.0 Å². The fourth-order valence-corrected chi connectivity index (χ4v) is 15.7. The maximum Gasteiger partial charge on any atom is -0.0207 e. The highest BCUT2D eigenvalue weighted by Gasteiger charge is 2.32. The smallest absolute Gasteiger partial charge is 0.0207 e. The molecule has 2 heteroatoms. The molecule has 0 spiro atoms. The summed E-state index contributed by atoms with van der Waals surface area (Å²) in [4.78, 5) is 0. The van der Waals surface area contributed by atoms with E-state index in [0.29, 0.717) is 15.8 Å². The molecule has 0 atom stereocenters. The molecule has 4 fully saturated rings. The fraction of sp³-hybridized carbons (Fsp3) is 1.00. The Morgan fingerprint density at radius 3 is 0.839 bits per heavy atom. The van der Waals surface area contributed by atoms with Gasteiger partial charge in [0.2, 0.25) is 0 Å². The first-order valence-electron chi connectivity index (χ1n) is 14.9. The molecular formula is C29H54P2. The van der Waals surface area contributed by atoms with E-state index in [4.69, 9.17) is 0 Å². The molecule has 4 aliphatic rings. The summed E-state index contributed by atoms with van der Waals surface area (Å²) in [5.41, 5.74) is 4.70. The Kier molecular flexibility index (Phi) is 11.5. The maximum atomic E-state index is 1.66. The van der Waals surface area contributed by atoms with E-state index in [1.54, 1.807) is 134 Å². The number of unbranched alkanes of at least 4 members (excludes halogenated alkanes) is 2. The van der Waals surface area contributed by atoms with Crippen molar-refractivity contribution in [3.05, 3.63) is 0 Å². The van der Waals surface area contributed by atoms with E-state index in [0.717, 1.165) is 0 Å². The SMILES string of the molecule is C1CCC(P(CCCCCP(C2CCCCC2)C2CCCCC2)C2CCCCC2)CC1. The molecule has 0 aromatic rings. The largest absolute Gasteiger partial charge is 0.100 e. The Morgan fingerprint density at radius 2 is 0.581 bits per heavy atom. The summed E-state index contributed by atoms with van der Waals surface area (Å²) >= 11 is 0. The highest BCUT2D eigenvalue weighted by Crippen LogP contribution is 2.57. The summed E-state index contributed by atoms with van der Waals surface area (Å²) in [7, 11) is 0.704. The van der Waals surface area contributed by atoms with Crippen LogP contribution in [0.25, 0.3) is 0 Å². The predicted octanol–water partition coefficient (Wildman–Crippen LogP) is 10.5. The summed E-state index contributed by atoms with van der Waals surface area (Å²) in [6, 6.07) is 0. The minimum Gasteiger partial charge on any atom is -0.100 e. The molecule has 0 aliphatic heterocycles. The van der Waals surface area contributed by atoms with Gasteiger partial charge in [-0.25, -0.2) is 0 Å². The minimum absolute atomic E-state index is 0.352. The van der Waals surface area contributed by atoms with Gasteiger partial charge in [0.25, 0.3) is 0 Å². The van der Waals surface area contributed by atoms with Crippen LogP contribution in [-0.2, 0) is 0 Å². The van der Waals surface area contributed by atoms with Gasteiger partial charge in [0.1, 0.15) is 0 Å². The van der Waals surface area contributed by atoms with Gasteiger partial charge in [-0.15, -0.1) is 15.8 Å².